The lowest BCUT2D eigenvalue weighted by atomic mass is 10.3. The van der Waals surface area contributed by atoms with E-state index < -0.39 is 24.5 Å². The summed E-state index contributed by atoms with van der Waals surface area (Å²) >= 11 is 0. The molecule has 74 valence electrons. The Morgan fingerprint density at radius 1 is 1.46 bits per heavy atom. The second kappa shape index (κ2) is 5.09. The number of carbonyl (C=O) groups is 3. The number of amides is 1. The van der Waals surface area contributed by atoms with Gasteiger partial charge < -0.3 is 20.6 Å². The summed E-state index contributed by atoms with van der Waals surface area (Å²) in [6.45, 7) is 0.597. The molecule has 0 aromatic heterocycles. The van der Waals surface area contributed by atoms with Gasteiger partial charge in [0.1, 0.15) is 0 Å². The molecule has 1 amide bonds. The quantitative estimate of drug-likeness (QED) is 0.382. The van der Waals surface area contributed by atoms with Crippen molar-refractivity contribution in [3.63, 3.8) is 0 Å². The largest absolute Gasteiger partial charge is 0.481 e. The van der Waals surface area contributed by atoms with E-state index in [1.165, 1.54) is 0 Å². The first kappa shape index (κ1) is 11.4. The summed E-state index contributed by atoms with van der Waals surface area (Å²) in [6.07, 6.45) is -2.54. The highest BCUT2D eigenvalue weighted by Crippen LogP contribution is 1.89. The number of carboxylic acid groups (broad SMARTS) is 2. The Labute approximate surface area is 73.0 Å². The number of aliphatic carboxylic acids is 2. The first-order valence-corrected chi connectivity index (χ1v) is 3.33. The summed E-state index contributed by atoms with van der Waals surface area (Å²) in [7, 11) is 0. The Hall–Kier alpha value is -1.63. The highest BCUT2D eigenvalue weighted by molar-refractivity contribution is 5.91. The summed E-state index contributed by atoms with van der Waals surface area (Å²) in [4.78, 5) is 28.9. The highest BCUT2D eigenvalue weighted by atomic mass is 16.4. The topological polar surface area (TPSA) is 134 Å². The third-order valence-electron chi connectivity index (χ3n) is 0.974. The van der Waals surface area contributed by atoms with Gasteiger partial charge in [-0.05, 0) is 0 Å². The summed E-state index contributed by atoms with van der Waals surface area (Å²) in [5.74, 6) is -2.68. The van der Waals surface area contributed by atoms with E-state index in [1.807, 2.05) is 0 Å². The molecule has 0 bridgehead atoms. The average molecular weight is 191 g/mol. The Balaban J connectivity index is 0.000000293. The Morgan fingerprint density at radius 2 is 1.85 bits per heavy atom. The number of aliphatic hydroxyl groups is 1. The molecule has 1 saturated heterocycles. The highest BCUT2D eigenvalue weighted by Gasteiger charge is 2.16. The van der Waals surface area contributed by atoms with Crippen LogP contribution in [0.3, 0.4) is 0 Å². The number of hydrogen-bond donors (Lipinski definition) is 4. The van der Waals surface area contributed by atoms with Crippen molar-refractivity contribution in [2.75, 3.05) is 6.54 Å². The maximum absolute atomic E-state index is 9.72. The van der Waals surface area contributed by atoms with Crippen LogP contribution in [-0.4, -0.2) is 45.8 Å². The monoisotopic (exact) mass is 191 g/mol. The third kappa shape index (κ3) is 8.27. The van der Waals surface area contributed by atoms with Gasteiger partial charge in [-0.25, -0.2) is 4.79 Å². The first-order chi connectivity index (χ1) is 5.93. The molecule has 1 unspecified atom stereocenters. The van der Waals surface area contributed by atoms with Crippen molar-refractivity contribution in [1.29, 1.82) is 0 Å². The van der Waals surface area contributed by atoms with E-state index in [2.05, 4.69) is 5.32 Å². The molecular formula is C6H9NO6. The first-order valence-electron chi connectivity index (χ1n) is 3.33. The second-order valence-electron chi connectivity index (χ2n) is 2.23. The molecule has 4 N–H and O–H groups in total. The fraction of sp³-hybridized carbons (Fsp3) is 0.500. The Morgan fingerprint density at radius 3 is 1.92 bits per heavy atom. The van der Waals surface area contributed by atoms with Gasteiger partial charge in [0.2, 0.25) is 5.91 Å². The average Bonchev–Trinajstić information content (AvgIpc) is 2.71. The molecule has 0 saturated carbocycles. The fourth-order valence-corrected chi connectivity index (χ4v) is 0.289. The van der Waals surface area contributed by atoms with Crippen molar-refractivity contribution in [3.8, 4) is 0 Å². The van der Waals surface area contributed by atoms with Gasteiger partial charge in [0.25, 0.3) is 0 Å². The van der Waals surface area contributed by atoms with Gasteiger partial charge in [-0.2, -0.15) is 0 Å². The molecule has 0 aromatic carbocycles. The molecule has 13 heavy (non-hydrogen) atoms. The van der Waals surface area contributed by atoms with E-state index in [0.717, 1.165) is 0 Å². The SMILES string of the molecule is O=C(O)CC(O)C(=O)O.O=C1CN1. The van der Waals surface area contributed by atoms with Crippen LogP contribution in [-0.2, 0) is 14.4 Å². The molecule has 1 heterocycles. The van der Waals surface area contributed by atoms with Gasteiger partial charge in [-0.3, -0.25) is 9.59 Å². The maximum atomic E-state index is 9.72. The lowest BCUT2D eigenvalue weighted by Gasteiger charge is -1.97. The predicted molar refractivity (Wildman–Crippen MR) is 38.9 cm³/mol. The van der Waals surface area contributed by atoms with Crippen LogP contribution in [0.5, 0.6) is 0 Å². The molecule has 0 aliphatic carbocycles. The van der Waals surface area contributed by atoms with Crippen LogP contribution in [0.1, 0.15) is 6.42 Å². The van der Waals surface area contributed by atoms with Crippen LogP contribution in [0, 0.1) is 0 Å². The van der Waals surface area contributed by atoms with Crippen LogP contribution >= 0.6 is 0 Å². The molecule has 1 fully saturated rings. The number of carbonyl (C=O) groups excluding carboxylic acids is 1. The van der Waals surface area contributed by atoms with Crippen molar-refractivity contribution in [3.05, 3.63) is 0 Å². The van der Waals surface area contributed by atoms with Crippen LogP contribution in [0.15, 0.2) is 0 Å². The van der Waals surface area contributed by atoms with Crippen LogP contribution in [0.4, 0.5) is 0 Å². The minimum Gasteiger partial charge on any atom is -0.481 e. The van der Waals surface area contributed by atoms with Crippen molar-refractivity contribution < 1.29 is 29.7 Å². The van der Waals surface area contributed by atoms with Crippen molar-refractivity contribution in [1.82, 2.24) is 5.32 Å². The van der Waals surface area contributed by atoms with E-state index in [-0.39, 0.29) is 5.91 Å². The number of aliphatic hydroxyl groups excluding tert-OH is 1. The molecule has 0 radical (unpaired) electrons. The zero-order valence-electron chi connectivity index (χ0n) is 6.56. The number of nitrogens with one attached hydrogen (secondary N) is 1. The summed E-state index contributed by atoms with van der Waals surface area (Å²) in [5.41, 5.74) is 0. The van der Waals surface area contributed by atoms with Crippen molar-refractivity contribution in [2.45, 2.75) is 12.5 Å². The van der Waals surface area contributed by atoms with E-state index in [4.69, 9.17) is 15.3 Å². The van der Waals surface area contributed by atoms with Gasteiger partial charge in [0.15, 0.2) is 6.10 Å². The lowest BCUT2D eigenvalue weighted by molar-refractivity contribution is -0.152. The van der Waals surface area contributed by atoms with Crippen molar-refractivity contribution in [2.24, 2.45) is 0 Å². The number of hydrogen-bond acceptors (Lipinski definition) is 4. The predicted octanol–water partition coefficient (Wildman–Crippen LogP) is -1.98. The summed E-state index contributed by atoms with van der Waals surface area (Å²) in [5, 5.41) is 26.6. The summed E-state index contributed by atoms with van der Waals surface area (Å²) < 4.78 is 0. The smallest absolute Gasteiger partial charge is 0.333 e. The zero-order valence-corrected chi connectivity index (χ0v) is 6.56. The van der Waals surface area contributed by atoms with Crippen LogP contribution in [0.2, 0.25) is 0 Å². The Bertz CT molecular complexity index is 219. The molecule has 1 rings (SSSR count). The molecule has 0 spiro atoms. The van der Waals surface area contributed by atoms with Gasteiger partial charge in [-0.15, -0.1) is 0 Å². The van der Waals surface area contributed by atoms with Gasteiger partial charge >= 0.3 is 11.9 Å². The maximum Gasteiger partial charge on any atom is 0.333 e. The zero-order chi connectivity index (χ0) is 10.4. The minimum absolute atomic E-state index is 0.167. The number of rotatable bonds is 3. The molecule has 7 nitrogen and oxygen atoms in total. The van der Waals surface area contributed by atoms with E-state index in [0.29, 0.717) is 6.54 Å². The van der Waals surface area contributed by atoms with E-state index >= 15 is 0 Å². The third-order valence-corrected chi connectivity index (χ3v) is 0.974. The lowest BCUT2D eigenvalue weighted by Crippen LogP contribution is -2.22. The minimum atomic E-state index is -1.79. The molecule has 7 heteroatoms. The van der Waals surface area contributed by atoms with E-state index in [1.54, 1.807) is 0 Å². The van der Waals surface area contributed by atoms with Crippen molar-refractivity contribution >= 4 is 17.8 Å². The summed E-state index contributed by atoms with van der Waals surface area (Å²) in [6, 6.07) is 0. The van der Waals surface area contributed by atoms with Crippen LogP contribution in [0.25, 0.3) is 0 Å². The van der Waals surface area contributed by atoms with Gasteiger partial charge in [0.05, 0.1) is 13.0 Å². The molecule has 1 aliphatic rings. The van der Waals surface area contributed by atoms with Crippen LogP contribution < -0.4 is 5.32 Å². The van der Waals surface area contributed by atoms with Gasteiger partial charge in [0, 0.05) is 0 Å². The standard InChI is InChI=1S/C4H6O5.C2H3NO/c5-2(4(8)9)1-3(6)7;4-2-1-3-2/h2,5H,1H2,(H,6,7)(H,8,9);1H2,(H,3,4). The fourth-order valence-electron chi connectivity index (χ4n) is 0.289. The van der Waals surface area contributed by atoms with E-state index in [9.17, 15) is 14.4 Å². The number of carboxylic acids is 2. The molecule has 1 atom stereocenters. The molecular weight excluding hydrogens is 182 g/mol. The normalized spacial score (nSPS) is 14.7. The second-order valence-corrected chi connectivity index (χ2v) is 2.23. The van der Waals surface area contributed by atoms with Gasteiger partial charge in [-0.1, -0.05) is 0 Å². The molecule has 1 aliphatic heterocycles. The Kier molecular flexibility index (Phi) is 4.45. The molecule has 0 aromatic rings.